The minimum Gasteiger partial charge on any atom is -0.329 e. The Labute approximate surface area is 108 Å². The van der Waals surface area contributed by atoms with Crippen molar-refractivity contribution in [2.75, 3.05) is 13.1 Å². The molecule has 0 spiro atoms. The van der Waals surface area contributed by atoms with Gasteiger partial charge >= 0.3 is 0 Å². The number of halogens is 1. The Bertz CT molecular complexity index is 388. The molecule has 0 saturated carbocycles. The molecule has 1 aromatic rings. The van der Waals surface area contributed by atoms with Gasteiger partial charge in [0.15, 0.2) is 0 Å². The fraction of sp³-hybridized carbons (Fsp3) is 0.750. The molecule has 0 bridgehead atoms. The van der Waals surface area contributed by atoms with E-state index in [9.17, 15) is 0 Å². The summed E-state index contributed by atoms with van der Waals surface area (Å²) in [6, 6.07) is 0.506. The molecule has 96 valence electrons. The molecule has 0 aromatic carbocycles. The first kappa shape index (κ1) is 12.9. The summed E-state index contributed by atoms with van der Waals surface area (Å²) in [5.74, 6) is 0. The lowest BCUT2D eigenvalue weighted by Crippen LogP contribution is -2.35. The Kier molecular flexibility index (Phi) is 4.07. The van der Waals surface area contributed by atoms with Gasteiger partial charge in [0.25, 0.3) is 0 Å². The predicted molar refractivity (Wildman–Crippen MR) is 70.1 cm³/mol. The van der Waals surface area contributed by atoms with Crippen LogP contribution in [0.2, 0.25) is 5.02 Å². The number of rotatable bonds is 4. The molecule has 1 aliphatic heterocycles. The number of nitrogens with zero attached hydrogens (tertiary/aromatic N) is 3. The Morgan fingerprint density at radius 2 is 2.29 bits per heavy atom. The Hall–Kier alpha value is -0.580. The lowest BCUT2D eigenvalue weighted by Gasteiger charge is -2.23. The lowest BCUT2D eigenvalue weighted by molar-refractivity contribution is 0.244. The molecule has 17 heavy (non-hydrogen) atoms. The van der Waals surface area contributed by atoms with Crippen LogP contribution < -0.4 is 5.73 Å². The Morgan fingerprint density at radius 1 is 1.53 bits per heavy atom. The van der Waals surface area contributed by atoms with E-state index in [0.717, 1.165) is 42.5 Å². The smallest absolute Gasteiger partial charge is 0.0863 e. The second-order valence-electron chi connectivity index (χ2n) is 4.69. The fourth-order valence-electron chi connectivity index (χ4n) is 2.55. The average Bonchev–Trinajstić information content (AvgIpc) is 2.88. The minimum absolute atomic E-state index is 0.506. The van der Waals surface area contributed by atoms with Crippen LogP contribution >= 0.6 is 11.6 Å². The van der Waals surface area contributed by atoms with Gasteiger partial charge in [0.2, 0.25) is 0 Å². The first-order valence-corrected chi connectivity index (χ1v) is 6.69. The number of nitrogens with two attached hydrogens (primary N) is 1. The van der Waals surface area contributed by atoms with Crippen molar-refractivity contribution in [1.29, 1.82) is 0 Å². The third kappa shape index (κ3) is 2.49. The molecule has 1 saturated heterocycles. The molecule has 0 aliphatic carbocycles. The standard InChI is InChI=1S/C12H21ClN4/c1-3-10-12(13)11(16(2)15-10)8-17-6-4-5-9(17)7-14/h9H,3-8,14H2,1-2H3. The van der Waals surface area contributed by atoms with Crippen LogP contribution in [0.25, 0.3) is 0 Å². The van der Waals surface area contributed by atoms with Gasteiger partial charge in [0.05, 0.1) is 16.4 Å². The normalized spacial score (nSPS) is 21.3. The summed E-state index contributed by atoms with van der Waals surface area (Å²) in [5, 5.41) is 5.28. The molecule has 2 heterocycles. The number of likely N-dealkylation sites (tertiary alicyclic amines) is 1. The van der Waals surface area contributed by atoms with Crippen LogP contribution in [0.15, 0.2) is 0 Å². The highest BCUT2D eigenvalue weighted by Gasteiger charge is 2.25. The van der Waals surface area contributed by atoms with Crippen molar-refractivity contribution in [2.45, 2.75) is 38.8 Å². The van der Waals surface area contributed by atoms with Gasteiger partial charge < -0.3 is 5.73 Å². The monoisotopic (exact) mass is 256 g/mol. The SMILES string of the molecule is CCc1nn(C)c(CN2CCCC2CN)c1Cl. The zero-order valence-electron chi connectivity index (χ0n) is 10.6. The molecule has 1 unspecified atom stereocenters. The zero-order chi connectivity index (χ0) is 12.4. The van der Waals surface area contributed by atoms with Crippen LogP contribution in [-0.4, -0.2) is 33.8 Å². The lowest BCUT2D eigenvalue weighted by atomic mass is 10.2. The Morgan fingerprint density at radius 3 is 2.88 bits per heavy atom. The highest BCUT2D eigenvalue weighted by Crippen LogP contribution is 2.25. The number of hydrogen-bond acceptors (Lipinski definition) is 3. The Balaban J connectivity index is 2.15. The molecule has 2 N–H and O–H groups in total. The molecular weight excluding hydrogens is 236 g/mol. The average molecular weight is 257 g/mol. The van der Waals surface area contributed by atoms with Crippen LogP contribution in [0.4, 0.5) is 0 Å². The van der Waals surface area contributed by atoms with Crippen molar-refractivity contribution in [3.05, 3.63) is 16.4 Å². The van der Waals surface area contributed by atoms with Crippen LogP contribution in [0.5, 0.6) is 0 Å². The summed E-state index contributed by atoms with van der Waals surface area (Å²) in [7, 11) is 1.97. The van der Waals surface area contributed by atoms with Crippen molar-refractivity contribution < 1.29 is 0 Å². The molecule has 1 aliphatic rings. The maximum atomic E-state index is 6.36. The summed E-state index contributed by atoms with van der Waals surface area (Å²) < 4.78 is 1.91. The van der Waals surface area contributed by atoms with Gasteiger partial charge in [-0.05, 0) is 25.8 Å². The predicted octanol–water partition coefficient (Wildman–Crippen LogP) is 1.56. The van der Waals surface area contributed by atoms with Gasteiger partial charge in [0.1, 0.15) is 0 Å². The minimum atomic E-state index is 0.506. The number of hydrogen-bond donors (Lipinski definition) is 1. The van der Waals surface area contributed by atoms with Gasteiger partial charge in [-0.1, -0.05) is 18.5 Å². The van der Waals surface area contributed by atoms with E-state index in [4.69, 9.17) is 17.3 Å². The maximum absolute atomic E-state index is 6.36. The van der Waals surface area contributed by atoms with Crippen molar-refractivity contribution in [3.63, 3.8) is 0 Å². The van der Waals surface area contributed by atoms with E-state index in [1.807, 2.05) is 11.7 Å². The quantitative estimate of drug-likeness (QED) is 0.890. The van der Waals surface area contributed by atoms with E-state index in [2.05, 4.69) is 16.9 Å². The van der Waals surface area contributed by atoms with Gasteiger partial charge in [0, 0.05) is 26.2 Å². The second-order valence-corrected chi connectivity index (χ2v) is 5.06. The van der Waals surface area contributed by atoms with E-state index >= 15 is 0 Å². The van der Waals surface area contributed by atoms with Gasteiger partial charge in [-0.3, -0.25) is 9.58 Å². The van der Waals surface area contributed by atoms with E-state index in [1.165, 1.54) is 12.8 Å². The molecule has 5 heteroatoms. The topological polar surface area (TPSA) is 47.1 Å². The molecule has 1 aromatic heterocycles. The van der Waals surface area contributed by atoms with Crippen molar-refractivity contribution in [3.8, 4) is 0 Å². The van der Waals surface area contributed by atoms with Crippen molar-refractivity contribution in [2.24, 2.45) is 12.8 Å². The van der Waals surface area contributed by atoms with Crippen molar-refractivity contribution >= 4 is 11.6 Å². The molecule has 4 nitrogen and oxygen atoms in total. The third-order valence-electron chi connectivity index (χ3n) is 3.63. The molecule has 0 radical (unpaired) electrons. The summed E-state index contributed by atoms with van der Waals surface area (Å²) in [5.41, 5.74) is 7.90. The van der Waals surface area contributed by atoms with E-state index in [1.54, 1.807) is 0 Å². The molecule has 2 rings (SSSR count). The highest BCUT2D eigenvalue weighted by molar-refractivity contribution is 6.31. The maximum Gasteiger partial charge on any atom is 0.0863 e. The zero-order valence-corrected chi connectivity index (χ0v) is 11.4. The number of aromatic nitrogens is 2. The molecule has 1 atom stereocenters. The third-order valence-corrected chi connectivity index (χ3v) is 4.06. The first-order valence-electron chi connectivity index (χ1n) is 6.31. The van der Waals surface area contributed by atoms with Crippen LogP contribution in [0.3, 0.4) is 0 Å². The molecule has 1 fully saturated rings. The van der Waals surface area contributed by atoms with Crippen LogP contribution in [0.1, 0.15) is 31.2 Å². The second kappa shape index (κ2) is 5.38. The number of aryl methyl sites for hydroxylation is 2. The van der Waals surface area contributed by atoms with Crippen molar-refractivity contribution in [1.82, 2.24) is 14.7 Å². The summed E-state index contributed by atoms with van der Waals surface area (Å²) in [4.78, 5) is 2.42. The first-order chi connectivity index (χ1) is 8.17. The summed E-state index contributed by atoms with van der Waals surface area (Å²) >= 11 is 6.36. The van der Waals surface area contributed by atoms with Crippen LogP contribution in [0, 0.1) is 0 Å². The highest BCUT2D eigenvalue weighted by atomic mass is 35.5. The van der Waals surface area contributed by atoms with Gasteiger partial charge in [-0.15, -0.1) is 0 Å². The van der Waals surface area contributed by atoms with E-state index in [-0.39, 0.29) is 0 Å². The molecule has 0 amide bonds. The van der Waals surface area contributed by atoms with Gasteiger partial charge in [-0.25, -0.2) is 0 Å². The van der Waals surface area contributed by atoms with Crippen LogP contribution in [-0.2, 0) is 20.0 Å². The van der Waals surface area contributed by atoms with E-state index in [0.29, 0.717) is 6.04 Å². The van der Waals surface area contributed by atoms with Gasteiger partial charge in [-0.2, -0.15) is 5.10 Å². The summed E-state index contributed by atoms with van der Waals surface area (Å²) in [6.45, 7) is 4.79. The largest absolute Gasteiger partial charge is 0.329 e. The van der Waals surface area contributed by atoms with E-state index < -0.39 is 0 Å². The summed E-state index contributed by atoms with van der Waals surface area (Å²) in [6.07, 6.45) is 3.32. The molecular formula is C12H21ClN4. The fourth-order valence-corrected chi connectivity index (χ4v) is 2.91.